The lowest BCUT2D eigenvalue weighted by Crippen LogP contribution is -2.32. The van der Waals surface area contributed by atoms with Gasteiger partial charge < -0.3 is 15.5 Å². The zero-order valence-corrected chi connectivity index (χ0v) is 8.74. The van der Waals surface area contributed by atoms with E-state index in [1.54, 1.807) is 0 Å². The van der Waals surface area contributed by atoms with Crippen molar-refractivity contribution in [2.24, 2.45) is 0 Å². The van der Waals surface area contributed by atoms with Gasteiger partial charge in [0.05, 0.1) is 5.25 Å². The minimum absolute atomic E-state index is 0.00519. The molecule has 2 rings (SSSR count). The molecule has 0 aromatic carbocycles. The number of sulfone groups is 1. The molecule has 2 heterocycles. The van der Waals surface area contributed by atoms with Gasteiger partial charge in [0.25, 0.3) is 0 Å². The number of fused-ring (bicyclic) bond motifs is 1. The number of nitrogens with zero attached hydrogens (tertiary/aromatic N) is 1. The zero-order valence-electron chi connectivity index (χ0n) is 7.93. The summed E-state index contributed by atoms with van der Waals surface area (Å²) in [5.74, 6) is -0.884. The van der Waals surface area contributed by atoms with Gasteiger partial charge in [0.1, 0.15) is 5.75 Å². The standard InChI is InChI=1S/C8H10N2O4S/c1-4-3-9-8-7(15(4,13)14)5(11)2-6(12)10-8/h2,4H,3H2,1H3,(H3,9,10,11,12). The molecule has 7 heteroatoms. The molecule has 0 amide bonds. The number of rotatable bonds is 0. The molecule has 0 radical (unpaired) electrons. The van der Waals surface area contributed by atoms with E-state index in [4.69, 9.17) is 5.11 Å². The van der Waals surface area contributed by atoms with E-state index in [9.17, 15) is 13.5 Å². The van der Waals surface area contributed by atoms with E-state index in [0.29, 0.717) is 0 Å². The predicted octanol–water partition coefficient (Wildman–Crippen LogP) is 0.0805. The first kappa shape index (κ1) is 10.0. The van der Waals surface area contributed by atoms with Crippen molar-refractivity contribution in [2.45, 2.75) is 17.1 Å². The molecule has 0 saturated carbocycles. The van der Waals surface area contributed by atoms with Crippen LogP contribution in [-0.4, -0.2) is 35.4 Å². The Morgan fingerprint density at radius 1 is 1.53 bits per heavy atom. The predicted molar refractivity (Wildman–Crippen MR) is 52.7 cm³/mol. The Morgan fingerprint density at radius 3 is 2.87 bits per heavy atom. The van der Waals surface area contributed by atoms with Gasteiger partial charge in [0.15, 0.2) is 20.6 Å². The molecule has 1 aliphatic heterocycles. The second-order valence-corrected chi connectivity index (χ2v) is 5.72. The maximum atomic E-state index is 11.8. The number of anilines is 1. The van der Waals surface area contributed by atoms with Gasteiger partial charge in [0.2, 0.25) is 5.88 Å². The second kappa shape index (κ2) is 2.99. The third-order valence-corrected chi connectivity index (χ3v) is 4.51. The van der Waals surface area contributed by atoms with Crippen molar-refractivity contribution < 1.29 is 18.6 Å². The van der Waals surface area contributed by atoms with E-state index in [-0.39, 0.29) is 17.3 Å². The first-order valence-corrected chi connectivity index (χ1v) is 5.88. The second-order valence-electron chi connectivity index (χ2n) is 3.41. The summed E-state index contributed by atoms with van der Waals surface area (Å²) in [6, 6.07) is 0.913. The number of hydrogen-bond acceptors (Lipinski definition) is 6. The van der Waals surface area contributed by atoms with Crippen LogP contribution in [0.5, 0.6) is 11.6 Å². The van der Waals surface area contributed by atoms with Crippen molar-refractivity contribution in [3.05, 3.63) is 6.07 Å². The normalized spacial score (nSPS) is 22.9. The monoisotopic (exact) mass is 230 g/mol. The summed E-state index contributed by atoms with van der Waals surface area (Å²) in [7, 11) is -3.55. The maximum absolute atomic E-state index is 11.8. The van der Waals surface area contributed by atoms with E-state index in [1.807, 2.05) is 0 Å². The zero-order chi connectivity index (χ0) is 11.2. The van der Waals surface area contributed by atoms with E-state index < -0.39 is 26.7 Å². The van der Waals surface area contributed by atoms with Crippen LogP contribution in [-0.2, 0) is 9.84 Å². The summed E-state index contributed by atoms with van der Waals surface area (Å²) in [6.45, 7) is 1.75. The molecular weight excluding hydrogens is 220 g/mol. The van der Waals surface area contributed by atoms with Crippen LogP contribution in [0.3, 0.4) is 0 Å². The number of nitrogens with one attached hydrogen (secondary N) is 1. The number of aromatic hydroxyl groups is 2. The molecule has 1 aromatic rings. The molecule has 82 valence electrons. The minimum Gasteiger partial charge on any atom is -0.506 e. The van der Waals surface area contributed by atoms with Crippen molar-refractivity contribution in [1.82, 2.24) is 4.98 Å². The highest BCUT2D eigenvalue weighted by molar-refractivity contribution is 7.92. The Morgan fingerprint density at radius 2 is 2.20 bits per heavy atom. The molecule has 6 nitrogen and oxygen atoms in total. The molecule has 1 atom stereocenters. The molecule has 1 unspecified atom stereocenters. The molecule has 0 aliphatic carbocycles. The van der Waals surface area contributed by atoms with Crippen molar-refractivity contribution >= 4 is 15.7 Å². The molecule has 0 fully saturated rings. The summed E-state index contributed by atoms with van der Waals surface area (Å²) in [5.41, 5.74) is 0. The Hall–Kier alpha value is -1.50. The van der Waals surface area contributed by atoms with Gasteiger partial charge in [-0.2, -0.15) is 4.98 Å². The first-order valence-electron chi connectivity index (χ1n) is 4.33. The highest BCUT2D eigenvalue weighted by atomic mass is 32.2. The Balaban J connectivity index is 2.75. The molecular formula is C8H10N2O4S. The van der Waals surface area contributed by atoms with E-state index in [2.05, 4.69) is 10.3 Å². The summed E-state index contributed by atoms with van der Waals surface area (Å²) in [4.78, 5) is 3.37. The lowest BCUT2D eigenvalue weighted by molar-refractivity contribution is 0.426. The Bertz CT molecular complexity index is 512. The van der Waals surface area contributed by atoms with Crippen molar-refractivity contribution in [3.63, 3.8) is 0 Å². The highest BCUT2D eigenvalue weighted by Crippen LogP contribution is 2.36. The van der Waals surface area contributed by atoms with Crippen LogP contribution < -0.4 is 5.32 Å². The number of hydrogen-bond donors (Lipinski definition) is 3. The van der Waals surface area contributed by atoms with Crippen LogP contribution in [0.2, 0.25) is 0 Å². The fraction of sp³-hybridized carbons (Fsp3) is 0.375. The van der Waals surface area contributed by atoms with Crippen LogP contribution in [0, 0.1) is 0 Å². The van der Waals surface area contributed by atoms with Gasteiger partial charge in [-0.15, -0.1) is 0 Å². The van der Waals surface area contributed by atoms with Crippen LogP contribution in [0.4, 0.5) is 5.82 Å². The Kier molecular flexibility index (Phi) is 2.00. The van der Waals surface area contributed by atoms with Crippen molar-refractivity contribution in [2.75, 3.05) is 11.9 Å². The van der Waals surface area contributed by atoms with Gasteiger partial charge in [-0.1, -0.05) is 0 Å². The number of pyridine rings is 1. The fourth-order valence-electron chi connectivity index (χ4n) is 1.46. The van der Waals surface area contributed by atoms with Crippen LogP contribution in [0.25, 0.3) is 0 Å². The van der Waals surface area contributed by atoms with Gasteiger partial charge in [-0.05, 0) is 6.92 Å². The van der Waals surface area contributed by atoms with Gasteiger partial charge in [-0.3, -0.25) is 0 Å². The van der Waals surface area contributed by atoms with Gasteiger partial charge in [-0.25, -0.2) is 8.42 Å². The molecule has 0 saturated heterocycles. The summed E-state index contributed by atoms with van der Waals surface area (Å²) in [5, 5.41) is 20.7. The summed E-state index contributed by atoms with van der Waals surface area (Å²) in [6.07, 6.45) is 0. The molecule has 3 N–H and O–H groups in total. The van der Waals surface area contributed by atoms with Gasteiger partial charge in [0, 0.05) is 12.6 Å². The largest absolute Gasteiger partial charge is 0.506 e. The lowest BCUT2D eigenvalue weighted by atomic mass is 10.4. The highest BCUT2D eigenvalue weighted by Gasteiger charge is 2.34. The average molecular weight is 230 g/mol. The molecule has 0 bridgehead atoms. The smallest absolute Gasteiger partial charge is 0.216 e. The SMILES string of the molecule is CC1CNc2nc(O)cc(O)c2S1(=O)=O. The molecule has 1 aromatic heterocycles. The number of aromatic nitrogens is 1. The quantitative estimate of drug-likeness (QED) is 0.583. The maximum Gasteiger partial charge on any atom is 0.216 e. The van der Waals surface area contributed by atoms with Crippen LogP contribution in [0.1, 0.15) is 6.92 Å². The lowest BCUT2D eigenvalue weighted by Gasteiger charge is -2.23. The Labute approximate surface area is 86.5 Å². The topological polar surface area (TPSA) is 99.5 Å². The van der Waals surface area contributed by atoms with E-state index in [1.165, 1.54) is 6.92 Å². The van der Waals surface area contributed by atoms with Crippen molar-refractivity contribution in [3.8, 4) is 11.6 Å². The van der Waals surface area contributed by atoms with E-state index in [0.717, 1.165) is 6.07 Å². The summed E-state index contributed by atoms with van der Waals surface area (Å²) < 4.78 is 23.6. The van der Waals surface area contributed by atoms with Crippen molar-refractivity contribution in [1.29, 1.82) is 0 Å². The van der Waals surface area contributed by atoms with Crippen LogP contribution in [0.15, 0.2) is 11.0 Å². The fourth-order valence-corrected chi connectivity index (χ4v) is 2.90. The van der Waals surface area contributed by atoms with E-state index >= 15 is 0 Å². The third kappa shape index (κ3) is 1.39. The molecule has 0 spiro atoms. The molecule has 1 aliphatic rings. The summed E-state index contributed by atoms with van der Waals surface area (Å²) >= 11 is 0. The first-order chi connectivity index (χ1) is 6.93. The molecule has 15 heavy (non-hydrogen) atoms. The minimum atomic E-state index is -3.55. The third-order valence-electron chi connectivity index (χ3n) is 2.31. The average Bonchev–Trinajstić information content (AvgIpc) is 2.10. The van der Waals surface area contributed by atoms with Gasteiger partial charge >= 0.3 is 0 Å². The van der Waals surface area contributed by atoms with Crippen LogP contribution >= 0.6 is 0 Å².